The highest BCUT2D eigenvalue weighted by molar-refractivity contribution is 7.14. The van der Waals surface area contributed by atoms with Gasteiger partial charge in [-0.05, 0) is 61.3 Å². The fourth-order valence-electron chi connectivity index (χ4n) is 3.20. The van der Waals surface area contributed by atoms with Crippen LogP contribution in [0.25, 0.3) is 0 Å². The van der Waals surface area contributed by atoms with Crippen LogP contribution in [0, 0.1) is 5.41 Å². The highest BCUT2D eigenvalue weighted by atomic mass is 35.5. The molecule has 0 saturated carbocycles. The molecule has 0 bridgehead atoms. The molecule has 1 spiro atoms. The van der Waals surface area contributed by atoms with Crippen LogP contribution in [0.2, 0.25) is 4.34 Å². The van der Waals surface area contributed by atoms with Gasteiger partial charge in [-0.15, -0.1) is 23.7 Å². The van der Waals surface area contributed by atoms with Gasteiger partial charge < -0.3 is 5.32 Å². The average Bonchev–Trinajstić information content (AvgIpc) is 2.90. The molecular formula is C13H20Cl2N2S. The molecule has 0 radical (unpaired) electrons. The average molecular weight is 307 g/mol. The van der Waals surface area contributed by atoms with Crippen molar-refractivity contribution in [3.63, 3.8) is 0 Å². The van der Waals surface area contributed by atoms with Gasteiger partial charge in [-0.25, -0.2) is 0 Å². The smallest absolute Gasteiger partial charge is 0.0973 e. The molecular weight excluding hydrogens is 287 g/mol. The van der Waals surface area contributed by atoms with E-state index >= 15 is 0 Å². The van der Waals surface area contributed by atoms with Crippen molar-refractivity contribution in [3.05, 3.63) is 21.3 Å². The molecule has 2 fully saturated rings. The van der Waals surface area contributed by atoms with Gasteiger partial charge >= 0.3 is 0 Å². The minimum atomic E-state index is 0. The third kappa shape index (κ3) is 3.02. The number of piperidine rings is 1. The van der Waals surface area contributed by atoms with Crippen molar-refractivity contribution in [1.29, 1.82) is 0 Å². The maximum Gasteiger partial charge on any atom is 0.0973 e. The van der Waals surface area contributed by atoms with Crippen molar-refractivity contribution in [2.45, 2.75) is 25.8 Å². The van der Waals surface area contributed by atoms with Crippen molar-refractivity contribution in [1.82, 2.24) is 10.2 Å². The summed E-state index contributed by atoms with van der Waals surface area (Å²) >= 11 is 7.82. The standard InChI is InChI=1S/C13H19ClN2S.ClH/c14-12-11(1-8-17-12)9-16-7-4-13(10-16)2-5-15-6-3-13;/h1,8,15H,2-7,9-10H2;1H. The van der Waals surface area contributed by atoms with E-state index in [9.17, 15) is 0 Å². The van der Waals surface area contributed by atoms with Gasteiger partial charge in [0.1, 0.15) is 0 Å². The number of rotatable bonds is 2. The predicted octanol–water partition coefficient (Wildman–Crippen LogP) is 3.40. The third-order valence-corrected chi connectivity index (χ3v) is 5.52. The van der Waals surface area contributed by atoms with E-state index in [0.717, 1.165) is 10.9 Å². The number of halogens is 2. The first-order valence-electron chi connectivity index (χ1n) is 6.42. The SMILES string of the molecule is Cl.Clc1sccc1CN1CCC2(CCNCC2)C1. The maximum atomic E-state index is 6.18. The normalized spacial score (nSPS) is 23.2. The molecule has 0 aliphatic carbocycles. The van der Waals surface area contributed by atoms with Crippen LogP contribution in [0.15, 0.2) is 11.4 Å². The Morgan fingerprint density at radius 1 is 1.33 bits per heavy atom. The fourth-order valence-corrected chi connectivity index (χ4v) is 4.11. The summed E-state index contributed by atoms with van der Waals surface area (Å²) in [5.41, 5.74) is 1.91. The molecule has 18 heavy (non-hydrogen) atoms. The summed E-state index contributed by atoms with van der Waals surface area (Å²) in [6, 6.07) is 2.17. The molecule has 0 unspecified atom stereocenters. The Morgan fingerprint density at radius 2 is 2.11 bits per heavy atom. The molecule has 1 N–H and O–H groups in total. The maximum absolute atomic E-state index is 6.18. The Bertz CT molecular complexity index is 388. The van der Waals surface area contributed by atoms with E-state index in [1.807, 2.05) is 0 Å². The van der Waals surface area contributed by atoms with Gasteiger partial charge in [-0.2, -0.15) is 0 Å². The molecule has 0 amide bonds. The van der Waals surface area contributed by atoms with Crippen molar-refractivity contribution in [2.24, 2.45) is 5.41 Å². The second-order valence-electron chi connectivity index (χ2n) is 5.43. The monoisotopic (exact) mass is 306 g/mol. The van der Waals surface area contributed by atoms with E-state index in [1.165, 1.54) is 51.0 Å². The molecule has 102 valence electrons. The van der Waals surface area contributed by atoms with E-state index in [-0.39, 0.29) is 12.4 Å². The molecule has 2 saturated heterocycles. The van der Waals surface area contributed by atoms with Gasteiger partial charge in [-0.3, -0.25) is 4.90 Å². The van der Waals surface area contributed by atoms with Gasteiger partial charge in [0.05, 0.1) is 4.34 Å². The minimum Gasteiger partial charge on any atom is -0.317 e. The summed E-state index contributed by atoms with van der Waals surface area (Å²) in [7, 11) is 0. The molecule has 0 atom stereocenters. The first-order valence-corrected chi connectivity index (χ1v) is 7.68. The Balaban J connectivity index is 0.00000120. The topological polar surface area (TPSA) is 15.3 Å². The Hall–Kier alpha value is 0.200. The van der Waals surface area contributed by atoms with Crippen LogP contribution in [0.4, 0.5) is 0 Å². The van der Waals surface area contributed by atoms with Crippen molar-refractivity contribution < 1.29 is 0 Å². The van der Waals surface area contributed by atoms with Crippen LogP contribution in [0.1, 0.15) is 24.8 Å². The van der Waals surface area contributed by atoms with Gasteiger partial charge in [0.2, 0.25) is 0 Å². The number of hydrogen-bond acceptors (Lipinski definition) is 3. The first-order chi connectivity index (χ1) is 8.27. The van der Waals surface area contributed by atoms with Crippen molar-refractivity contribution >= 4 is 35.3 Å². The van der Waals surface area contributed by atoms with E-state index in [0.29, 0.717) is 5.41 Å². The summed E-state index contributed by atoms with van der Waals surface area (Å²) in [5, 5.41) is 5.56. The van der Waals surface area contributed by atoms with Crippen molar-refractivity contribution in [3.8, 4) is 0 Å². The number of likely N-dealkylation sites (tertiary alicyclic amines) is 1. The quantitative estimate of drug-likeness (QED) is 0.901. The summed E-state index contributed by atoms with van der Waals surface area (Å²) in [6.07, 6.45) is 4.07. The Morgan fingerprint density at radius 3 is 2.78 bits per heavy atom. The van der Waals surface area contributed by atoms with E-state index in [4.69, 9.17) is 11.6 Å². The highest BCUT2D eigenvalue weighted by Gasteiger charge is 2.38. The van der Waals surface area contributed by atoms with Crippen LogP contribution in [0.3, 0.4) is 0 Å². The summed E-state index contributed by atoms with van der Waals surface area (Å²) in [4.78, 5) is 2.58. The van der Waals surface area contributed by atoms with Crippen LogP contribution in [0.5, 0.6) is 0 Å². The lowest BCUT2D eigenvalue weighted by Gasteiger charge is -2.33. The summed E-state index contributed by atoms with van der Waals surface area (Å²) in [6.45, 7) is 5.95. The van der Waals surface area contributed by atoms with Gasteiger partial charge in [0.25, 0.3) is 0 Å². The molecule has 2 nitrogen and oxygen atoms in total. The second kappa shape index (κ2) is 6.10. The van der Waals surface area contributed by atoms with E-state index < -0.39 is 0 Å². The van der Waals surface area contributed by atoms with Crippen LogP contribution in [-0.4, -0.2) is 31.1 Å². The lowest BCUT2D eigenvalue weighted by atomic mass is 9.78. The number of nitrogens with zero attached hydrogens (tertiary/aromatic N) is 1. The summed E-state index contributed by atoms with van der Waals surface area (Å²) in [5.74, 6) is 0. The van der Waals surface area contributed by atoms with E-state index in [1.54, 1.807) is 11.3 Å². The number of hydrogen-bond donors (Lipinski definition) is 1. The Labute approximate surface area is 124 Å². The van der Waals surface area contributed by atoms with Gasteiger partial charge in [0, 0.05) is 13.1 Å². The molecule has 2 aliphatic heterocycles. The zero-order valence-electron chi connectivity index (χ0n) is 10.5. The van der Waals surface area contributed by atoms with Crippen LogP contribution in [-0.2, 0) is 6.54 Å². The lowest BCUT2D eigenvalue weighted by Crippen LogP contribution is -2.38. The van der Waals surface area contributed by atoms with Crippen LogP contribution < -0.4 is 5.32 Å². The third-order valence-electron chi connectivity index (χ3n) is 4.27. The van der Waals surface area contributed by atoms with Crippen molar-refractivity contribution in [2.75, 3.05) is 26.2 Å². The molecule has 5 heteroatoms. The van der Waals surface area contributed by atoms with Crippen LogP contribution >= 0.6 is 35.3 Å². The minimum absolute atomic E-state index is 0. The summed E-state index contributed by atoms with van der Waals surface area (Å²) < 4.78 is 0.969. The Kier molecular flexibility index (Phi) is 4.95. The van der Waals surface area contributed by atoms with Gasteiger partial charge in [-0.1, -0.05) is 11.6 Å². The number of thiophene rings is 1. The fraction of sp³-hybridized carbons (Fsp3) is 0.692. The second-order valence-corrected chi connectivity index (χ2v) is 6.95. The number of nitrogens with one attached hydrogen (secondary N) is 1. The molecule has 1 aromatic heterocycles. The zero-order chi connectivity index (χ0) is 11.7. The first kappa shape index (κ1) is 14.6. The zero-order valence-corrected chi connectivity index (χ0v) is 12.8. The van der Waals surface area contributed by atoms with E-state index in [2.05, 4.69) is 21.7 Å². The molecule has 0 aromatic carbocycles. The molecule has 3 rings (SSSR count). The highest BCUT2D eigenvalue weighted by Crippen LogP contribution is 2.39. The molecule has 3 heterocycles. The molecule has 1 aromatic rings. The van der Waals surface area contributed by atoms with Gasteiger partial charge in [0.15, 0.2) is 0 Å². The molecule has 2 aliphatic rings. The lowest BCUT2D eigenvalue weighted by molar-refractivity contribution is 0.194. The largest absolute Gasteiger partial charge is 0.317 e. The predicted molar refractivity (Wildman–Crippen MR) is 81.0 cm³/mol.